The summed E-state index contributed by atoms with van der Waals surface area (Å²) in [7, 11) is 0. The summed E-state index contributed by atoms with van der Waals surface area (Å²) in [6.07, 6.45) is 0. The van der Waals surface area contributed by atoms with Crippen LogP contribution in [-0.2, 0) is 20.9 Å². The van der Waals surface area contributed by atoms with Crippen LogP contribution in [0.1, 0.15) is 6.92 Å². The zero-order chi connectivity index (χ0) is 21.8. The minimum Gasteiger partial charge on any atom is -0.482 e. The number of rotatable bonds is 6. The van der Waals surface area contributed by atoms with Gasteiger partial charge in [-0.2, -0.15) is 4.99 Å². The Labute approximate surface area is 195 Å². The fourth-order valence-corrected chi connectivity index (χ4v) is 4.86. The number of amides is 1. The van der Waals surface area contributed by atoms with E-state index in [0.717, 1.165) is 0 Å². The Bertz CT molecular complexity index is 1190. The predicted octanol–water partition coefficient (Wildman–Crippen LogP) is 5.39. The number of carbonyl (C=O) groups is 2. The molecule has 1 aromatic heterocycles. The number of aromatic nitrogens is 1. The highest BCUT2D eigenvalue weighted by Crippen LogP contribution is 2.30. The number of fused-ring (bicyclic) bond motifs is 1. The Morgan fingerprint density at radius 2 is 1.80 bits per heavy atom. The molecule has 0 aliphatic carbocycles. The van der Waals surface area contributed by atoms with Gasteiger partial charge in [-0.25, -0.2) is 0 Å². The summed E-state index contributed by atoms with van der Waals surface area (Å²) < 4.78 is 12.6. The molecule has 0 aliphatic heterocycles. The third kappa shape index (κ3) is 5.47. The number of esters is 1. The maximum absolute atomic E-state index is 12.4. The van der Waals surface area contributed by atoms with E-state index in [0.29, 0.717) is 31.0 Å². The molecule has 0 saturated heterocycles. The van der Waals surface area contributed by atoms with Gasteiger partial charge in [-0.05, 0) is 37.3 Å². The molecule has 6 nitrogen and oxygen atoms in total. The van der Waals surface area contributed by atoms with Crippen LogP contribution in [-0.4, -0.2) is 29.7 Å². The molecule has 2 aromatic carbocycles. The number of carbonyl (C=O) groups excluding carboxylic acids is 2. The molecule has 0 fully saturated rings. The molecule has 0 bridgehead atoms. The molecule has 1 heterocycles. The van der Waals surface area contributed by atoms with Gasteiger partial charge in [0, 0.05) is 10.0 Å². The van der Waals surface area contributed by atoms with Crippen molar-refractivity contribution >= 4 is 79.8 Å². The molecule has 3 rings (SSSR count). The van der Waals surface area contributed by atoms with E-state index in [2.05, 4.69) is 4.99 Å². The average Bonchev–Trinajstić information content (AvgIpc) is 2.98. The quantitative estimate of drug-likeness (QED) is 0.419. The SMILES string of the molecule is CCOC(=O)Cn1c(=NC(=O)COc2ccc(Cl)cc2Cl)sc2cc(Cl)cc(Cl)c21. The first-order valence-electron chi connectivity index (χ1n) is 8.58. The first-order chi connectivity index (χ1) is 14.3. The Morgan fingerprint density at radius 3 is 2.50 bits per heavy atom. The summed E-state index contributed by atoms with van der Waals surface area (Å²) in [5.41, 5.74) is 0.535. The lowest BCUT2D eigenvalue weighted by Gasteiger charge is -2.07. The van der Waals surface area contributed by atoms with Gasteiger partial charge in [0.2, 0.25) is 0 Å². The fourth-order valence-electron chi connectivity index (χ4n) is 2.57. The van der Waals surface area contributed by atoms with Crippen molar-refractivity contribution in [1.29, 1.82) is 0 Å². The van der Waals surface area contributed by atoms with Crippen molar-refractivity contribution in [3.05, 3.63) is 55.2 Å². The Hall–Kier alpha value is -1.77. The predicted molar refractivity (Wildman–Crippen MR) is 119 cm³/mol. The Morgan fingerprint density at radius 1 is 1.07 bits per heavy atom. The summed E-state index contributed by atoms with van der Waals surface area (Å²) in [6.45, 7) is 1.41. The van der Waals surface area contributed by atoms with Crippen LogP contribution in [0.3, 0.4) is 0 Å². The van der Waals surface area contributed by atoms with E-state index in [-0.39, 0.29) is 29.6 Å². The van der Waals surface area contributed by atoms with Crippen LogP contribution in [0.5, 0.6) is 5.75 Å². The van der Waals surface area contributed by atoms with Gasteiger partial charge in [-0.1, -0.05) is 57.7 Å². The maximum Gasteiger partial charge on any atom is 0.326 e. The molecule has 1 amide bonds. The van der Waals surface area contributed by atoms with Crippen molar-refractivity contribution in [2.24, 2.45) is 4.99 Å². The van der Waals surface area contributed by atoms with Gasteiger partial charge in [-0.3, -0.25) is 9.59 Å². The molecule has 0 aliphatic rings. The average molecular weight is 508 g/mol. The standard InChI is InChI=1S/C19H14Cl4N2O4S/c1-2-28-17(27)8-25-18-13(23)6-11(21)7-15(18)30-19(25)24-16(26)9-29-14-4-3-10(20)5-12(14)22/h3-7H,2,8-9H2,1H3. The molecular formula is C19H14Cl4N2O4S. The summed E-state index contributed by atoms with van der Waals surface area (Å²) in [5.74, 6) is -0.760. The third-order valence-corrected chi connectivity index (χ3v) is 5.82. The number of thiazole rings is 1. The molecule has 0 radical (unpaired) electrons. The van der Waals surface area contributed by atoms with Crippen LogP contribution in [0.4, 0.5) is 0 Å². The molecule has 0 spiro atoms. The van der Waals surface area contributed by atoms with Crippen LogP contribution in [0, 0.1) is 0 Å². The fraction of sp³-hybridized carbons (Fsp3) is 0.211. The van der Waals surface area contributed by atoms with E-state index in [9.17, 15) is 9.59 Å². The molecule has 30 heavy (non-hydrogen) atoms. The van der Waals surface area contributed by atoms with Crippen molar-refractivity contribution in [3.8, 4) is 5.75 Å². The van der Waals surface area contributed by atoms with Crippen LogP contribution in [0.25, 0.3) is 10.2 Å². The summed E-state index contributed by atoms with van der Waals surface area (Å²) in [4.78, 5) is 28.8. The van der Waals surface area contributed by atoms with Crippen molar-refractivity contribution in [2.45, 2.75) is 13.5 Å². The molecule has 0 atom stereocenters. The third-order valence-electron chi connectivity index (χ3n) is 3.75. The van der Waals surface area contributed by atoms with E-state index in [1.165, 1.54) is 22.0 Å². The van der Waals surface area contributed by atoms with E-state index in [1.54, 1.807) is 31.2 Å². The monoisotopic (exact) mass is 506 g/mol. The van der Waals surface area contributed by atoms with Crippen molar-refractivity contribution in [2.75, 3.05) is 13.2 Å². The summed E-state index contributed by atoms with van der Waals surface area (Å²) >= 11 is 25.4. The van der Waals surface area contributed by atoms with Gasteiger partial charge in [-0.15, -0.1) is 0 Å². The lowest BCUT2D eigenvalue weighted by molar-refractivity contribution is -0.143. The highest BCUT2D eigenvalue weighted by molar-refractivity contribution is 7.16. The van der Waals surface area contributed by atoms with Crippen molar-refractivity contribution in [3.63, 3.8) is 0 Å². The van der Waals surface area contributed by atoms with Gasteiger partial charge >= 0.3 is 5.97 Å². The maximum atomic E-state index is 12.4. The molecule has 0 N–H and O–H groups in total. The smallest absolute Gasteiger partial charge is 0.326 e. The zero-order valence-corrected chi connectivity index (χ0v) is 19.3. The number of nitrogens with zero attached hydrogens (tertiary/aromatic N) is 2. The highest BCUT2D eigenvalue weighted by atomic mass is 35.5. The normalized spacial score (nSPS) is 11.7. The zero-order valence-electron chi connectivity index (χ0n) is 15.5. The molecule has 0 saturated carbocycles. The van der Waals surface area contributed by atoms with E-state index >= 15 is 0 Å². The van der Waals surface area contributed by atoms with Crippen LogP contribution >= 0.6 is 57.7 Å². The minimum absolute atomic E-state index is 0.162. The second kappa shape index (κ2) is 10.0. The minimum atomic E-state index is -0.576. The number of benzene rings is 2. The van der Waals surface area contributed by atoms with Gasteiger partial charge in [0.05, 0.1) is 26.9 Å². The molecule has 3 aromatic rings. The van der Waals surface area contributed by atoms with Crippen LogP contribution in [0.2, 0.25) is 20.1 Å². The van der Waals surface area contributed by atoms with Crippen molar-refractivity contribution in [1.82, 2.24) is 4.57 Å². The number of hydrogen-bond donors (Lipinski definition) is 0. The molecular weight excluding hydrogens is 494 g/mol. The lowest BCUT2D eigenvalue weighted by Crippen LogP contribution is -2.24. The second-order valence-electron chi connectivity index (χ2n) is 5.88. The number of ether oxygens (including phenoxy) is 2. The largest absolute Gasteiger partial charge is 0.482 e. The van der Waals surface area contributed by atoms with Gasteiger partial charge in [0.25, 0.3) is 5.91 Å². The van der Waals surface area contributed by atoms with Crippen LogP contribution < -0.4 is 9.54 Å². The molecule has 158 valence electrons. The van der Waals surface area contributed by atoms with Gasteiger partial charge < -0.3 is 14.0 Å². The van der Waals surface area contributed by atoms with Gasteiger partial charge in [0.15, 0.2) is 11.4 Å². The van der Waals surface area contributed by atoms with Gasteiger partial charge in [0.1, 0.15) is 12.3 Å². The molecule has 11 heteroatoms. The highest BCUT2D eigenvalue weighted by Gasteiger charge is 2.16. The van der Waals surface area contributed by atoms with E-state index < -0.39 is 11.9 Å². The first-order valence-corrected chi connectivity index (χ1v) is 10.9. The van der Waals surface area contributed by atoms with E-state index in [1.807, 2.05) is 0 Å². The van der Waals surface area contributed by atoms with Crippen LogP contribution in [0.15, 0.2) is 35.3 Å². The topological polar surface area (TPSA) is 69.9 Å². The number of halogens is 4. The molecule has 0 unspecified atom stereocenters. The number of hydrogen-bond acceptors (Lipinski definition) is 5. The summed E-state index contributed by atoms with van der Waals surface area (Å²) in [5, 5.41) is 1.48. The second-order valence-corrected chi connectivity index (χ2v) is 8.58. The Kier molecular flexibility index (Phi) is 7.65. The first kappa shape index (κ1) is 22.9. The Balaban J connectivity index is 1.94. The van der Waals surface area contributed by atoms with Crippen molar-refractivity contribution < 1.29 is 19.1 Å². The lowest BCUT2D eigenvalue weighted by atomic mass is 10.3. The summed E-state index contributed by atoms with van der Waals surface area (Å²) in [6, 6.07) is 7.89. The van der Waals surface area contributed by atoms with E-state index in [4.69, 9.17) is 55.9 Å².